The lowest BCUT2D eigenvalue weighted by Gasteiger charge is -2.33. The molecule has 0 atom stereocenters. The molecule has 6 heteroatoms. The average molecular weight is 413 g/mol. The summed E-state index contributed by atoms with van der Waals surface area (Å²) in [6, 6.07) is 5.88. The summed E-state index contributed by atoms with van der Waals surface area (Å²) in [6.07, 6.45) is 1.77. The maximum absolute atomic E-state index is 6.38. The Labute approximate surface area is 173 Å². The lowest BCUT2D eigenvalue weighted by Crippen LogP contribution is -2.57. The van der Waals surface area contributed by atoms with Crippen LogP contribution < -0.4 is 14.7 Å². The summed E-state index contributed by atoms with van der Waals surface area (Å²) in [5, 5.41) is 0.823. The molecule has 0 heterocycles. The zero-order valence-electron chi connectivity index (χ0n) is 19.3. The molecule has 0 saturated carbocycles. The molecule has 28 heavy (non-hydrogen) atoms. The van der Waals surface area contributed by atoms with E-state index in [9.17, 15) is 0 Å². The Bertz CT molecular complexity index is 584. The highest BCUT2D eigenvalue weighted by Crippen LogP contribution is 2.29. The molecule has 0 saturated heterocycles. The normalized spacial score (nSPS) is 12.9. The van der Waals surface area contributed by atoms with E-state index in [0.29, 0.717) is 19.8 Å². The second-order valence-electron chi connectivity index (χ2n) is 7.94. The van der Waals surface area contributed by atoms with Crippen molar-refractivity contribution < 1.29 is 22.8 Å². The molecule has 0 unspecified atom stereocenters. The fourth-order valence-electron chi connectivity index (χ4n) is 2.59. The predicted octanol–water partition coefficient (Wildman–Crippen LogP) is 5.08. The lowest BCUT2D eigenvalue weighted by molar-refractivity contribution is 0.0794. The molecule has 162 valence electrons. The van der Waals surface area contributed by atoms with Gasteiger partial charge in [0, 0.05) is 19.8 Å². The second kappa shape index (κ2) is 10.6. The highest BCUT2D eigenvalue weighted by molar-refractivity contribution is 6.76. The van der Waals surface area contributed by atoms with Crippen molar-refractivity contribution in [1.29, 1.82) is 0 Å². The third kappa shape index (κ3) is 6.76. The maximum Gasteiger partial charge on any atom is 0.541 e. The standard InChI is InChI=1S/C22H40O5Si/c1-10-21(6,7)26-18-15-16-19(27-22(8,9)11-2)20(17-18)28(23-12-3,24-13-4)25-14-5/h15-17H,10-14H2,1-9H3. The molecule has 0 fully saturated rings. The first-order valence-electron chi connectivity index (χ1n) is 10.5. The fourth-order valence-corrected chi connectivity index (χ4v) is 5.20. The third-order valence-electron chi connectivity index (χ3n) is 4.77. The van der Waals surface area contributed by atoms with Crippen molar-refractivity contribution in [2.75, 3.05) is 19.8 Å². The summed E-state index contributed by atoms with van der Waals surface area (Å²) >= 11 is 0. The van der Waals surface area contributed by atoms with Gasteiger partial charge in [-0.2, -0.15) is 0 Å². The summed E-state index contributed by atoms with van der Waals surface area (Å²) in [5.41, 5.74) is -0.583. The lowest BCUT2D eigenvalue weighted by atomic mass is 10.1. The number of benzene rings is 1. The zero-order chi connectivity index (χ0) is 21.4. The monoisotopic (exact) mass is 412 g/mol. The van der Waals surface area contributed by atoms with Gasteiger partial charge < -0.3 is 22.8 Å². The van der Waals surface area contributed by atoms with Gasteiger partial charge in [0.05, 0.1) is 5.19 Å². The van der Waals surface area contributed by atoms with Crippen molar-refractivity contribution in [3.63, 3.8) is 0 Å². The van der Waals surface area contributed by atoms with E-state index in [1.165, 1.54) is 0 Å². The van der Waals surface area contributed by atoms with Crippen LogP contribution in [0.2, 0.25) is 0 Å². The van der Waals surface area contributed by atoms with Gasteiger partial charge in [0.2, 0.25) is 0 Å². The summed E-state index contributed by atoms with van der Waals surface area (Å²) in [5.74, 6) is 1.50. The number of hydrogen-bond donors (Lipinski definition) is 0. The molecule has 0 spiro atoms. The van der Waals surface area contributed by atoms with Crippen LogP contribution in [0, 0.1) is 0 Å². The van der Waals surface area contributed by atoms with Crippen LogP contribution in [-0.4, -0.2) is 39.8 Å². The molecule has 0 aliphatic heterocycles. The Hall–Kier alpha value is -1.08. The van der Waals surface area contributed by atoms with E-state index < -0.39 is 8.80 Å². The summed E-state index contributed by atoms with van der Waals surface area (Å²) in [4.78, 5) is 0. The molecule has 0 bridgehead atoms. The minimum atomic E-state index is -3.15. The van der Waals surface area contributed by atoms with Crippen LogP contribution in [0.5, 0.6) is 11.5 Å². The first-order chi connectivity index (χ1) is 13.1. The van der Waals surface area contributed by atoms with Gasteiger partial charge in [-0.05, 0) is 79.5 Å². The van der Waals surface area contributed by atoms with E-state index in [4.69, 9.17) is 22.8 Å². The Morgan fingerprint density at radius 2 is 1.18 bits per heavy atom. The molecule has 0 aromatic heterocycles. The van der Waals surface area contributed by atoms with Gasteiger partial charge in [0.1, 0.15) is 22.7 Å². The molecule has 1 aromatic rings. The summed E-state index contributed by atoms with van der Waals surface area (Å²) < 4.78 is 31.1. The number of ether oxygens (including phenoxy) is 2. The van der Waals surface area contributed by atoms with Crippen LogP contribution in [0.4, 0.5) is 0 Å². The van der Waals surface area contributed by atoms with E-state index in [1.807, 2.05) is 39.0 Å². The van der Waals surface area contributed by atoms with E-state index in [1.54, 1.807) is 0 Å². The minimum Gasteiger partial charge on any atom is -0.488 e. The minimum absolute atomic E-state index is 0.268. The first kappa shape index (κ1) is 25.0. The SMILES string of the molecule is CCO[Si](OCC)(OCC)c1cc(OC(C)(C)CC)ccc1OC(C)(C)CC. The smallest absolute Gasteiger partial charge is 0.488 e. The topological polar surface area (TPSA) is 46.2 Å². The van der Waals surface area contributed by atoms with Gasteiger partial charge >= 0.3 is 8.80 Å². The van der Waals surface area contributed by atoms with Gasteiger partial charge in [-0.25, -0.2) is 0 Å². The largest absolute Gasteiger partial charge is 0.541 e. The second-order valence-corrected chi connectivity index (χ2v) is 10.5. The van der Waals surface area contributed by atoms with E-state index in [0.717, 1.165) is 29.5 Å². The highest BCUT2D eigenvalue weighted by atomic mass is 28.4. The highest BCUT2D eigenvalue weighted by Gasteiger charge is 2.47. The van der Waals surface area contributed by atoms with Crippen LogP contribution in [0.15, 0.2) is 18.2 Å². The van der Waals surface area contributed by atoms with Crippen molar-refractivity contribution in [3.8, 4) is 11.5 Å². The van der Waals surface area contributed by atoms with Crippen LogP contribution in [0.1, 0.15) is 75.2 Å². The average Bonchev–Trinajstić information content (AvgIpc) is 2.63. The molecular weight excluding hydrogens is 372 g/mol. The Morgan fingerprint density at radius 1 is 0.714 bits per heavy atom. The molecule has 0 aliphatic carbocycles. The van der Waals surface area contributed by atoms with Crippen molar-refractivity contribution in [3.05, 3.63) is 18.2 Å². The van der Waals surface area contributed by atoms with Gasteiger partial charge in [0.15, 0.2) is 0 Å². The van der Waals surface area contributed by atoms with Gasteiger partial charge in [-0.15, -0.1) is 0 Å². The number of hydrogen-bond acceptors (Lipinski definition) is 5. The van der Waals surface area contributed by atoms with Gasteiger partial charge in [-0.3, -0.25) is 0 Å². The van der Waals surface area contributed by atoms with Crippen molar-refractivity contribution in [2.45, 2.75) is 86.4 Å². The molecule has 1 rings (SSSR count). The molecule has 0 amide bonds. The quantitative estimate of drug-likeness (QED) is 0.423. The van der Waals surface area contributed by atoms with Crippen LogP contribution >= 0.6 is 0 Å². The van der Waals surface area contributed by atoms with Crippen molar-refractivity contribution >= 4 is 14.0 Å². The first-order valence-corrected chi connectivity index (χ1v) is 12.3. The van der Waals surface area contributed by atoms with Crippen molar-refractivity contribution in [2.24, 2.45) is 0 Å². The molecular formula is C22H40O5Si. The molecule has 0 radical (unpaired) electrons. The van der Waals surface area contributed by atoms with Crippen molar-refractivity contribution in [1.82, 2.24) is 0 Å². The summed E-state index contributed by atoms with van der Waals surface area (Å²) in [7, 11) is -3.15. The predicted molar refractivity (Wildman–Crippen MR) is 117 cm³/mol. The van der Waals surface area contributed by atoms with E-state index in [-0.39, 0.29) is 11.2 Å². The Balaban J connectivity index is 3.55. The van der Waals surface area contributed by atoms with Gasteiger partial charge in [-0.1, -0.05) is 13.8 Å². The molecule has 0 aliphatic rings. The fraction of sp³-hybridized carbons (Fsp3) is 0.727. The number of rotatable bonds is 13. The molecule has 1 aromatic carbocycles. The summed E-state index contributed by atoms with van der Waals surface area (Å²) in [6.45, 7) is 19.9. The Morgan fingerprint density at radius 3 is 1.61 bits per heavy atom. The van der Waals surface area contributed by atoms with E-state index in [2.05, 4.69) is 41.5 Å². The van der Waals surface area contributed by atoms with E-state index >= 15 is 0 Å². The van der Waals surface area contributed by atoms with Crippen LogP contribution in [0.3, 0.4) is 0 Å². The molecule has 0 N–H and O–H groups in total. The zero-order valence-corrected chi connectivity index (χ0v) is 20.3. The maximum atomic E-state index is 6.38. The molecule has 5 nitrogen and oxygen atoms in total. The third-order valence-corrected chi connectivity index (χ3v) is 7.82. The van der Waals surface area contributed by atoms with Gasteiger partial charge in [0.25, 0.3) is 0 Å². The van der Waals surface area contributed by atoms with Crippen LogP contribution in [0.25, 0.3) is 0 Å². The van der Waals surface area contributed by atoms with Crippen LogP contribution in [-0.2, 0) is 13.3 Å². The Kier molecular flexibility index (Phi) is 9.47.